The first-order chi connectivity index (χ1) is 9.63. The monoisotopic (exact) mass is 298 g/mol. The van der Waals surface area contributed by atoms with E-state index in [1.807, 2.05) is 6.07 Å². The lowest BCUT2D eigenvalue weighted by Crippen LogP contribution is -2.41. The summed E-state index contributed by atoms with van der Waals surface area (Å²) in [6, 6.07) is 5.16. The third-order valence-corrected chi connectivity index (χ3v) is 4.64. The number of nitrogens with zero attached hydrogens (tertiary/aromatic N) is 2. The first kappa shape index (κ1) is 14.3. The van der Waals surface area contributed by atoms with Crippen LogP contribution in [-0.4, -0.2) is 53.2 Å². The minimum atomic E-state index is -0.375. The van der Waals surface area contributed by atoms with E-state index in [1.165, 1.54) is 18.9 Å². The molecule has 0 saturated carbocycles. The fraction of sp³-hybridized carbons (Fsp3) is 0.600. The highest BCUT2D eigenvalue weighted by Crippen LogP contribution is 2.23. The molecule has 5 heteroatoms. The van der Waals surface area contributed by atoms with Crippen LogP contribution in [-0.2, 0) is 6.54 Å². The third kappa shape index (κ3) is 2.98. The predicted octanol–water partition coefficient (Wildman–Crippen LogP) is 2.12. The minimum Gasteiger partial charge on any atom is -0.390 e. The van der Waals surface area contributed by atoms with Crippen molar-refractivity contribution in [3.05, 3.63) is 34.6 Å². The van der Waals surface area contributed by atoms with Crippen LogP contribution in [0.25, 0.3) is 0 Å². The normalized spacial score (nSPS) is 28.4. The van der Waals surface area contributed by atoms with E-state index in [9.17, 15) is 9.50 Å². The Morgan fingerprint density at radius 2 is 2.00 bits per heavy atom. The van der Waals surface area contributed by atoms with Crippen LogP contribution in [0.1, 0.15) is 18.4 Å². The Kier molecular flexibility index (Phi) is 4.26. The van der Waals surface area contributed by atoms with Gasteiger partial charge in [-0.1, -0.05) is 17.7 Å². The summed E-state index contributed by atoms with van der Waals surface area (Å²) in [5.41, 5.74) is 0.904. The summed E-state index contributed by atoms with van der Waals surface area (Å²) < 4.78 is 13.4. The van der Waals surface area contributed by atoms with Gasteiger partial charge in [0.25, 0.3) is 0 Å². The van der Waals surface area contributed by atoms with Gasteiger partial charge in [-0.15, -0.1) is 0 Å². The van der Waals surface area contributed by atoms with E-state index in [0.717, 1.165) is 25.2 Å². The molecule has 2 saturated heterocycles. The Hall–Kier alpha value is -0.680. The Labute approximate surface area is 123 Å². The maximum atomic E-state index is 13.4. The average Bonchev–Trinajstić information content (AvgIpc) is 3.03. The summed E-state index contributed by atoms with van der Waals surface area (Å²) in [6.07, 6.45) is 2.15. The van der Waals surface area contributed by atoms with Gasteiger partial charge in [-0.05, 0) is 43.6 Å². The molecule has 2 aliphatic rings. The number of halogens is 2. The van der Waals surface area contributed by atoms with Gasteiger partial charge in [0, 0.05) is 25.7 Å². The summed E-state index contributed by atoms with van der Waals surface area (Å²) in [4.78, 5) is 4.57. The largest absolute Gasteiger partial charge is 0.390 e. The van der Waals surface area contributed by atoms with Gasteiger partial charge < -0.3 is 5.11 Å². The molecule has 3 nitrogen and oxygen atoms in total. The molecule has 0 aliphatic carbocycles. The van der Waals surface area contributed by atoms with Crippen molar-refractivity contribution in [2.45, 2.75) is 31.5 Å². The van der Waals surface area contributed by atoms with Crippen LogP contribution < -0.4 is 0 Å². The van der Waals surface area contributed by atoms with Gasteiger partial charge in [0.1, 0.15) is 5.82 Å². The van der Waals surface area contributed by atoms with Crippen molar-refractivity contribution in [1.82, 2.24) is 9.80 Å². The standard InChI is InChI=1S/C15H20ClFN2O/c16-12-4-3-11(7-13(12)17)8-18-9-14(15(20)10-18)19-5-1-2-6-19/h3-4,7,14-15,20H,1-2,5-6,8-10H2/t14-,15-/m1/s1. The summed E-state index contributed by atoms with van der Waals surface area (Å²) in [6.45, 7) is 4.35. The van der Waals surface area contributed by atoms with E-state index in [-0.39, 0.29) is 23.0 Å². The summed E-state index contributed by atoms with van der Waals surface area (Å²) in [5, 5.41) is 10.4. The maximum absolute atomic E-state index is 13.4. The zero-order chi connectivity index (χ0) is 14.1. The quantitative estimate of drug-likeness (QED) is 0.926. The van der Waals surface area contributed by atoms with Gasteiger partial charge in [0.2, 0.25) is 0 Å². The lowest BCUT2D eigenvalue weighted by molar-refractivity contribution is 0.0978. The number of likely N-dealkylation sites (tertiary alicyclic amines) is 2. The molecule has 0 spiro atoms. The zero-order valence-electron chi connectivity index (χ0n) is 11.4. The molecule has 2 fully saturated rings. The van der Waals surface area contributed by atoms with E-state index in [2.05, 4.69) is 9.80 Å². The van der Waals surface area contributed by atoms with Crippen LogP contribution in [0.4, 0.5) is 4.39 Å². The van der Waals surface area contributed by atoms with E-state index >= 15 is 0 Å². The van der Waals surface area contributed by atoms with Crippen molar-refractivity contribution in [2.75, 3.05) is 26.2 Å². The van der Waals surface area contributed by atoms with Gasteiger partial charge in [-0.3, -0.25) is 9.80 Å². The van der Waals surface area contributed by atoms with E-state index in [1.54, 1.807) is 6.07 Å². The molecule has 2 heterocycles. The number of benzene rings is 1. The topological polar surface area (TPSA) is 26.7 Å². The molecule has 2 aliphatic heterocycles. The maximum Gasteiger partial charge on any atom is 0.142 e. The van der Waals surface area contributed by atoms with E-state index < -0.39 is 0 Å². The molecule has 2 atom stereocenters. The Morgan fingerprint density at radius 1 is 1.25 bits per heavy atom. The summed E-state index contributed by atoms with van der Waals surface area (Å²) in [5.74, 6) is -0.375. The smallest absolute Gasteiger partial charge is 0.142 e. The second-order valence-electron chi connectivity index (χ2n) is 5.82. The number of rotatable bonds is 3. The summed E-state index contributed by atoms with van der Waals surface area (Å²) >= 11 is 5.69. The Bertz CT molecular complexity index is 479. The zero-order valence-corrected chi connectivity index (χ0v) is 12.2. The lowest BCUT2D eigenvalue weighted by atomic mass is 10.2. The van der Waals surface area contributed by atoms with Gasteiger partial charge in [-0.25, -0.2) is 4.39 Å². The van der Waals surface area contributed by atoms with E-state index in [0.29, 0.717) is 13.1 Å². The molecule has 1 aromatic carbocycles. The third-order valence-electron chi connectivity index (χ3n) is 4.33. The predicted molar refractivity (Wildman–Crippen MR) is 77.3 cm³/mol. The van der Waals surface area contributed by atoms with Crippen LogP contribution in [0.3, 0.4) is 0 Å². The molecule has 1 N–H and O–H groups in total. The van der Waals surface area contributed by atoms with Crippen LogP contribution in [0.5, 0.6) is 0 Å². The van der Waals surface area contributed by atoms with Crippen LogP contribution >= 0.6 is 11.6 Å². The molecule has 20 heavy (non-hydrogen) atoms. The molecule has 0 unspecified atom stereocenters. The first-order valence-corrected chi connectivity index (χ1v) is 7.59. The molecule has 110 valence electrons. The highest BCUT2D eigenvalue weighted by Gasteiger charge is 2.36. The van der Waals surface area contributed by atoms with Crippen molar-refractivity contribution < 1.29 is 9.50 Å². The Morgan fingerprint density at radius 3 is 2.70 bits per heavy atom. The number of aliphatic hydroxyl groups is 1. The number of hydrogen-bond acceptors (Lipinski definition) is 3. The van der Waals surface area contributed by atoms with Crippen LogP contribution in [0.2, 0.25) is 5.02 Å². The molecule has 1 aromatic rings. The SMILES string of the molecule is O[C@@H]1CN(Cc2ccc(Cl)c(F)c2)C[C@H]1N1CCCC1. The van der Waals surface area contributed by atoms with Crippen molar-refractivity contribution in [3.8, 4) is 0 Å². The molecule has 3 rings (SSSR count). The lowest BCUT2D eigenvalue weighted by Gasteiger charge is -2.25. The summed E-state index contributed by atoms with van der Waals surface area (Å²) in [7, 11) is 0. The number of aliphatic hydroxyl groups excluding tert-OH is 1. The van der Waals surface area contributed by atoms with Crippen molar-refractivity contribution in [1.29, 1.82) is 0 Å². The number of β-amino-alcohol motifs (C(OH)–C–C–N with tert-alkyl or cyclic N) is 1. The van der Waals surface area contributed by atoms with E-state index in [4.69, 9.17) is 11.6 Å². The van der Waals surface area contributed by atoms with Crippen molar-refractivity contribution in [2.24, 2.45) is 0 Å². The van der Waals surface area contributed by atoms with Gasteiger partial charge in [0.15, 0.2) is 0 Å². The van der Waals surface area contributed by atoms with Crippen LogP contribution in [0.15, 0.2) is 18.2 Å². The van der Waals surface area contributed by atoms with Crippen molar-refractivity contribution in [3.63, 3.8) is 0 Å². The second kappa shape index (κ2) is 5.98. The van der Waals surface area contributed by atoms with Gasteiger partial charge >= 0.3 is 0 Å². The first-order valence-electron chi connectivity index (χ1n) is 7.22. The molecule has 0 aromatic heterocycles. The van der Waals surface area contributed by atoms with Crippen molar-refractivity contribution >= 4 is 11.6 Å². The van der Waals surface area contributed by atoms with Crippen LogP contribution in [0, 0.1) is 5.82 Å². The molecule has 0 amide bonds. The molecular weight excluding hydrogens is 279 g/mol. The molecule has 0 radical (unpaired) electrons. The minimum absolute atomic E-state index is 0.158. The second-order valence-corrected chi connectivity index (χ2v) is 6.23. The fourth-order valence-electron chi connectivity index (χ4n) is 3.30. The van der Waals surface area contributed by atoms with Gasteiger partial charge in [-0.2, -0.15) is 0 Å². The van der Waals surface area contributed by atoms with Gasteiger partial charge in [0.05, 0.1) is 11.1 Å². The highest BCUT2D eigenvalue weighted by atomic mass is 35.5. The highest BCUT2D eigenvalue weighted by molar-refractivity contribution is 6.30. The number of hydrogen-bond donors (Lipinski definition) is 1. The average molecular weight is 299 g/mol. The molecular formula is C15H20ClFN2O. The fourth-order valence-corrected chi connectivity index (χ4v) is 3.42. The molecule has 0 bridgehead atoms. The Balaban J connectivity index is 1.62.